The number of hydrogen-bond acceptors (Lipinski definition) is 3. The van der Waals surface area contributed by atoms with Gasteiger partial charge in [-0.25, -0.2) is 0 Å². The summed E-state index contributed by atoms with van der Waals surface area (Å²) in [6.07, 6.45) is 5.69. The van der Waals surface area contributed by atoms with E-state index in [2.05, 4.69) is 0 Å². The highest BCUT2D eigenvalue weighted by Gasteiger charge is 2.10. The van der Waals surface area contributed by atoms with Crippen LogP contribution in [0.5, 0.6) is 11.5 Å². The molecule has 0 saturated carbocycles. The van der Waals surface area contributed by atoms with Crippen molar-refractivity contribution in [3.8, 4) is 11.5 Å². The van der Waals surface area contributed by atoms with Gasteiger partial charge in [-0.2, -0.15) is 0 Å². The fourth-order valence-corrected chi connectivity index (χ4v) is 1.43. The molecule has 0 unspecified atom stereocenters. The summed E-state index contributed by atoms with van der Waals surface area (Å²) in [7, 11) is 0. The Kier molecular flexibility index (Phi) is 3.92. The average molecular weight is 206 g/mol. The van der Waals surface area contributed by atoms with Crippen LogP contribution >= 0.6 is 0 Å². The number of phenolic OH excluding ortho intramolecular Hbond substituents is 2. The van der Waals surface area contributed by atoms with E-state index < -0.39 is 0 Å². The van der Waals surface area contributed by atoms with E-state index in [1.165, 1.54) is 12.1 Å². The monoisotopic (exact) mass is 206 g/mol. The van der Waals surface area contributed by atoms with Crippen molar-refractivity contribution in [1.29, 1.82) is 0 Å². The molecule has 1 rings (SSSR count). The zero-order chi connectivity index (χ0) is 11.3. The van der Waals surface area contributed by atoms with Crippen LogP contribution in [0.15, 0.2) is 24.3 Å². The molecule has 0 aliphatic rings. The number of rotatable bonds is 4. The first-order chi connectivity index (χ1) is 7.20. The van der Waals surface area contributed by atoms with Crippen LogP contribution in [0.1, 0.15) is 29.3 Å². The maximum atomic E-state index is 10.7. The zero-order valence-corrected chi connectivity index (χ0v) is 8.60. The SMILES string of the molecule is C/C=C/CCc1c(O)ccc(O)c1C=O. The molecule has 0 aliphatic heterocycles. The second-order valence-electron chi connectivity index (χ2n) is 3.22. The number of benzene rings is 1. The van der Waals surface area contributed by atoms with Crippen LogP contribution < -0.4 is 0 Å². The Bertz CT molecular complexity index is 381. The Morgan fingerprint density at radius 2 is 1.93 bits per heavy atom. The number of aldehydes is 1. The smallest absolute Gasteiger partial charge is 0.154 e. The van der Waals surface area contributed by atoms with Crippen molar-refractivity contribution in [1.82, 2.24) is 0 Å². The lowest BCUT2D eigenvalue weighted by molar-refractivity contribution is 0.111. The number of phenols is 2. The molecule has 0 atom stereocenters. The molecular weight excluding hydrogens is 192 g/mol. The normalized spacial score (nSPS) is 10.7. The number of aromatic hydroxyl groups is 2. The Hall–Kier alpha value is -1.77. The molecule has 0 radical (unpaired) electrons. The quantitative estimate of drug-likeness (QED) is 0.452. The summed E-state index contributed by atoms with van der Waals surface area (Å²) >= 11 is 0. The molecule has 0 saturated heterocycles. The Morgan fingerprint density at radius 1 is 1.27 bits per heavy atom. The highest BCUT2D eigenvalue weighted by Crippen LogP contribution is 2.28. The molecule has 0 spiro atoms. The predicted octanol–water partition coefficient (Wildman–Crippen LogP) is 2.42. The summed E-state index contributed by atoms with van der Waals surface area (Å²) in [5.74, 6) is -0.0299. The molecule has 2 N–H and O–H groups in total. The van der Waals surface area contributed by atoms with E-state index in [0.717, 1.165) is 6.42 Å². The highest BCUT2D eigenvalue weighted by atomic mass is 16.3. The zero-order valence-electron chi connectivity index (χ0n) is 8.60. The Labute approximate surface area is 88.7 Å². The van der Waals surface area contributed by atoms with Gasteiger partial charge >= 0.3 is 0 Å². The van der Waals surface area contributed by atoms with E-state index in [1.54, 1.807) is 0 Å². The number of carbonyl (C=O) groups excluding carboxylic acids is 1. The summed E-state index contributed by atoms with van der Waals surface area (Å²) in [6.45, 7) is 1.91. The second kappa shape index (κ2) is 5.20. The van der Waals surface area contributed by atoms with Gasteiger partial charge in [0, 0.05) is 5.56 Å². The van der Waals surface area contributed by atoms with E-state index in [-0.39, 0.29) is 17.1 Å². The number of carbonyl (C=O) groups is 1. The van der Waals surface area contributed by atoms with Gasteiger partial charge in [-0.15, -0.1) is 0 Å². The van der Waals surface area contributed by atoms with E-state index in [1.807, 2.05) is 19.1 Å². The first-order valence-electron chi connectivity index (χ1n) is 4.80. The third-order valence-corrected chi connectivity index (χ3v) is 2.22. The molecule has 0 amide bonds. The number of allylic oxidation sites excluding steroid dienone is 2. The lowest BCUT2D eigenvalue weighted by Crippen LogP contribution is -1.94. The van der Waals surface area contributed by atoms with Gasteiger partial charge in [0.2, 0.25) is 0 Å². The molecule has 80 valence electrons. The van der Waals surface area contributed by atoms with Crippen molar-refractivity contribution in [3.63, 3.8) is 0 Å². The van der Waals surface area contributed by atoms with Crippen molar-refractivity contribution in [2.75, 3.05) is 0 Å². The van der Waals surface area contributed by atoms with Crippen LogP contribution in [-0.4, -0.2) is 16.5 Å². The molecule has 3 heteroatoms. The minimum Gasteiger partial charge on any atom is -0.508 e. The van der Waals surface area contributed by atoms with Crippen LogP contribution in [0.4, 0.5) is 0 Å². The van der Waals surface area contributed by atoms with Crippen LogP contribution in [0, 0.1) is 0 Å². The summed E-state index contributed by atoms with van der Waals surface area (Å²) in [5, 5.41) is 19.0. The van der Waals surface area contributed by atoms with Crippen molar-refractivity contribution in [2.24, 2.45) is 0 Å². The maximum Gasteiger partial charge on any atom is 0.154 e. The fraction of sp³-hybridized carbons (Fsp3) is 0.250. The summed E-state index contributed by atoms with van der Waals surface area (Å²) < 4.78 is 0. The third kappa shape index (κ3) is 2.59. The maximum absolute atomic E-state index is 10.7. The molecule has 0 fully saturated rings. The first-order valence-corrected chi connectivity index (χ1v) is 4.80. The van der Waals surface area contributed by atoms with Gasteiger partial charge in [0.1, 0.15) is 11.5 Å². The van der Waals surface area contributed by atoms with Crippen molar-refractivity contribution in [3.05, 3.63) is 35.4 Å². The third-order valence-electron chi connectivity index (χ3n) is 2.22. The lowest BCUT2D eigenvalue weighted by atomic mass is 10.0. The minimum absolute atomic E-state index is 0.0550. The Balaban J connectivity index is 3.02. The van der Waals surface area contributed by atoms with Crippen molar-refractivity contribution in [2.45, 2.75) is 19.8 Å². The summed E-state index contributed by atoms with van der Waals surface area (Å²) in [4.78, 5) is 10.7. The van der Waals surface area contributed by atoms with E-state index in [0.29, 0.717) is 18.3 Å². The molecule has 0 heterocycles. The largest absolute Gasteiger partial charge is 0.508 e. The molecule has 0 aromatic heterocycles. The van der Waals surface area contributed by atoms with Gasteiger partial charge in [0.25, 0.3) is 0 Å². The molecular formula is C12H14O3. The predicted molar refractivity (Wildman–Crippen MR) is 58.3 cm³/mol. The van der Waals surface area contributed by atoms with Crippen LogP contribution in [0.2, 0.25) is 0 Å². The molecule has 1 aromatic carbocycles. The average Bonchev–Trinajstić information content (AvgIpc) is 2.23. The summed E-state index contributed by atoms with van der Waals surface area (Å²) in [6, 6.07) is 2.71. The second-order valence-corrected chi connectivity index (χ2v) is 3.22. The van der Waals surface area contributed by atoms with Crippen LogP contribution in [0.25, 0.3) is 0 Å². The van der Waals surface area contributed by atoms with Crippen LogP contribution in [-0.2, 0) is 6.42 Å². The molecule has 15 heavy (non-hydrogen) atoms. The topological polar surface area (TPSA) is 57.5 Å². The van der Waals surface area contributed by atoms with Gasteiger partial charge in [0.15, 0.2) is 6.29 Å². The van der Waals surface area contributed by atoms with Gasteiger partial charge in [0.05, 0.1) is 5.56 Å². The van der Waals surface area contributed by atoms with E-state index in [4.69, 9.17) is 0 Å². The first kappa shape index (κ1) is 11.3. The van der Waals surface area contributed by atoms with Crippen molar-refractivity contribution < 1.29 is 15.0 Å². The van der Waals surface area contributed by atoms with Gasteiger partial charge in [-0.3, -0.25) is 4.79 Å². The van der Waals surface area contributed by atoms with Gasteiger partial charge < -0.3 is 10.2 Å². The van der Waals surface area contributed by atoms with E-state index in [9.17, 15) is 15.0 Å². The molecule has 0 aliphatic carbocycles. The molecule has 0 bridgehead atoms. The fourth-order valence-electron chi connectivity index (χ4n) is 1.43. The van der Waals surface area contributed by atoms with Gasteiger partial charge in [-0.05, 0) is 31.9 Å². The Morgan fingerprint density at radius 3 is 2.53 bits per heavy atom. The van der Waals surface area contributed by atoms with Crippen LogP contribution in [0.3, 0.4) is 0 Å². The number of hydrogen-bond donors (Lipinski definition) is 2. The van der Waals surface area contributed by atoms with Gasteiger partial charge in [-0.1, -0.05) is 12.2 Å². The molecule has 3 nitrogen and oxygen atoms in total. The van der Waals surface area contributed by atoms with E-state index >= 15 is 0 Å². The minimum atomic E-state index is -0.0849. The summed E-state index contributed by atoms with van der Waals surface area (Å²) in [5.41, 5.74) is 0.683. The standard InChI is InChI=1S/C12H14O3/c1-2-3-4-5-9-10(8-13)12(15)7-6-11(9)14/h2-3,6-8,14-15H,4-5H2,1H3/b3-2+. The van der Waals surface area contributed by atoms with Crippen molar-refractivity contribution >= 4 is 6.29 Å². The highest BCUT2D eigenvalue weighted by molar-refractivity contribution is 5.82. The lowest BCUT2D eigenvalue weighted by Gasteiger charge is -2.07. The molecule has 1 aromatic rings.